The van der Waals surface area contributed by atoms with Crippen molar-refractivity contribution in [2.24, 2.45) is 4.99 Å². The van der Waals surface area contributed by atoms with Crippen molar-refractivity contribution in [3.63, 3.8) is 0 Å². The normalized spacial score (nSPS) is 11.2. The molecule has 0 aliphatic heterocycles. The summed E-state index contributed by atoms with van der Waals surface area (Å²) >= 11 is 0. The second-order valence-corrected chi connectivity index (χ2v) is 6.11. The van der Waals surface area contributed by atoms with Gasteiger partial charge in [-0.05, 0) is 30.7 Å². The lowest BCUT2D eigenvalue weighted by molar-refractivity contribution is 0.181. The lowest BCUT2D eigenvalue weighted by atomic mass is 10.1. The third kappa shape index (κ3) is 6.70. The van der Waals surface area contributed by atoms with E-state index in [1.807, 2.05) is 31.2 Å². The van der Waals surface area contributed by atoms with Crippen LogP contribution in [0, 0.1) is 5.82 Å². The number of guanidine groups is 1. The molecule has 0 saturated carbocycles. The first-order chi connectivity index (χ1) is 13.7. The Labute approximate surface area is 166 Å². The molecule has 0 spiro atoms. The summed E-state index contributed by atoms with van der Waals surface area (Å²) in [6.45, 7) is 8.12. The van der Waals surface area contributed by atoms with Crippen molar-refractivity contribution >= 4 is 5.96 Å². The fourth-order valence-corrected chi connectivity index (χ4v) is 2.62. The van der Waals surface area contributed by atoms with Crippen LogP contribution in [-0.4, -0.2) is 26.2 Å². The lowest BCUT2D eigenvalue weighted by Crippen LogP contribution is -2.36. The zero-order valence-corrected chi connectivity index (χ0v) is 16.5. The summed E-state index contributed by atoms with van der Waals surface area (Å²) in [4.78, 5) is 4.60. The SMILES string of the molecule is C=CCOc1ccccc1CNC(=NCc1ccc(F)c(COC)c1)NCC. The molecule has 0 heterocycles. The molecule has 0 unspecified atom stereocenters. The van der Waals surface area contributed by atoms with Gasteiger partial charge < -0.3 is 20.1 Å². The molecular formula is C22H28FN3O2. The van der Waals surface area contributed by atoms with E-state index < -0.39 is 0 Å². The highest BCUT2D eigenvalue weighted by molar-refractivity contribution is 5.79. The molecule has 0 aliphatic carbocycles. The van der Waals surface area contributed by atoms with Crippen LogP contribution >= 0.6 is 0 Å². The van der Waals surface area contributed by atoms with Gasteiger partial charge in [0.2, 0.25) is 0 Å². The van der Waals surface area contributed by atoms with E-state index in [0.717, 1.165) is 23.4 Å². The third-order valence-electron chi connectivity index (χ3n) is 3.95. The molecule has 2 N–H and O–H groups in total. The minimum absolute atomic E-state index is 0.239. The van der Waals surface area contributed by atoms with E-state index in [9.17, 15) is 4.39 Å². The first kappa shape index (κ1) is 21.4. The number of nitrogens with zero attached hydrogens (tertiary/aromatic N) is 1. The van der Waals surface area contributed by atoms with Crippen LogP contribution in [0.2, 0.25) is 0 Å². The van der Waals surface area contributed by atoms with Crippen molar-refractivity contribution in [2.45, 2.75) is 26.6 Å². The van der Waals surface area contributed by atoms with Gasteiger partial charge in [-0.1, -0.05) is 36.9 Å². The maximum absolute atomic E-state index is 13.8. The summed E-state index contributed by atoms with van der Waals surface area (Å²) < 4.78 is 24.5. The minimum atomic E-state index is -0.268. The Morgan fingerprint density at radius 3 is 2.75 bits per heavy atom. The molecule has 2 aromatic carbocycles. The maximum Gasteiger partial charge on any atom is 0.191 e. The Bertz CT molecular complexity index is 793. The number of nitrogens with one attached hydrogen (secondary N) is 2. The number of halogens is 1. The molecule has 0 saturated heterocycles. The molecule has 150 valence electrons. The third-order valence-corrected chi connectivity index (χ3v) is 3.95. The first-order valence-corrected chi connectivity index (χ1v) is 9.28. The first-order valence-electron chi connectivity index (χ1n) is 9.28. The quantitative estimate of drug-likeness (QED) is 0.371. The predicted octanol–water partition coefficient (Wildman–Crippen LogP) is 3.79. The summed E-state index contributed by atoms with van der Waals surface area (Å²) in [6.07, 6.45) is 1.72. The fourth-order valence-electron chi connectivity index (χ4n) is 2.62. The number of aliphatic imine (C=N–C) groups is 1. The van der Waals surface area contributed by atoms with Gasteiger partial charge >= 0.3 is 0 Å². The highest BCUT2D eigenvalue weighted by Crippen LogP contribution is 2.17. The summed E-state index contributed by atoms with van der Waals surface area (Å²) in [5.74, 6) is 1.22. The zero-order chi connectivity index (χ0) is 20.2. The molecule has 0 aromatic heterocycles. The monoisotopic (exact) mass is 385 g/mol. The largest absolute Gasteiger partial charge is 0.489 e. The van der Waals surface area contributed by atoms with Gasteiger partial charge in [0.15, 0.2) is 5.96 Å². The highest BCUT2D eigenvalue weighted by Gasteiger charge is 2.06. The van der Waals surface area contributed by atoms with Gasteiger partial charge in [-0.25, -0.2) is 9.38 Å². The summed E-state index contributed by atoms with van der Waals surface area (Å²) in [6, 6.07) is 12.8. The topological polar surface area (TPSA) is 54.9 Å². The molecule has 0 aliphatic rings. The summed E-state index contributed by atoms with van der Waals surface area (Å²) in [5.41, 5.74) is 2.47. The number of ether oxygens (including phenoxy) is 2. The number of methoxy groups -OCH3 is 1. The number of benzene rings is 2. The van der Waals surface area contributed by atoms with Crippen LogP contribution in [0.3, 0.4) is 0 Å². The van der Waals surface area contributed by atoms with E-state index in [1.165, 1.54) is 6.07 Å². The Hall–Kier alpha value is -2.86. The van der Waals surface area contributed by atoms with E-state index >= 15 is 0 Å². The molecule has 2 aromatic rings. The van der Waals surface area contributed by atoms with Crippen LogP contribution in [0.25, 0.3) is 0 Å². The predicted molar refractivity (Wildman–Crippen MR) is 111 cm³/mol. The second kappa shape index (κ2) is 11.8. The number of rotatable bonds is 10. The Kier molecular flexibility index (Phi) is 9.01. The standard InChI is InChI=1S/C22H28FN3O2/c1-4-12-28-21-9-7-6-8-18(21)15-26-22(24-5-2)25-14-17-10-11-20(23)19(13-17)16-27-3/h4,6-11,13H,1,5,12,14-16H2,2-3H3,(H2,24,25,26). The van der Waals surface area contributed by atoms with Crippen molar-refractivity contribution < 1.29 is 13.9 Å². The van der Waals surface area contributed by atoms with Crippen molar-refractivity contribution in [3.8, 4) is 5.75 Å². The number of para-hydroxylation sites is 1. The van der Waals surface area contributed by atoms with Crippen LogP contribution < -0.4 is 15.4 Å². The molecule has 0 bridgehead atoms. The van der Waals surface area contributed by atoms with Crippen LogP contribution in [0.4, 0.5) is 4.39 Å². The molecule has 0 radical (unpaired) electrons. The zero-order valence-electron chi connectivity index (χ0n) is 16.5. The fraction of sp³-hybridized carbons (Fsp3) is 0.318. The molecule has 2 rings (SSSR count). The Morgan fingerprint density at radius 2 is 2.00 bits per heavy atom. The average molecular weight is 385 g/mol. The lowest BCUT2D eigenvalue weighted by Gasteiger charge is -2.14. The highest BCUT2D eigenvalue weighted by atomic mass is 19.1. The second-order valence-electron chi connectivity index (χ2n) is 6.11. The molecule has 0 atom stereocenters. The van der Waals surface area contributed by atoms with Gasteiger partial charge in [-0.15, -0.1) is 0 Å². The van der Waals surface area contributed by atoms with Crippen molar-refractivity contribution in [3.05, 3.63) is 77.6 Å². The van der Waals surface area contributed by atoms with E-state index in [0.29, 0.717) is 31.2 Å². The van der Waals surface area contributed by atoms with Gasteiger partial charge in [-0.2, -0.15) is 0 Å². The molecule has 0 fully saturated rings. The summed E-state index contributed by atoms with van der Waals surface area (Å²) in [5, 5.41) is 6.53. The molecule has 0 amide bonds. The molecule has 5 nitrogen and oxygen atoms in total. The Balaban J connectivity index is 2.05. The van der Waals surface area contributed by atoms with Crippen LogP contribution in [-0.2, 0) is 24.4 Å². The molecular weight excluding hydrogens is 357 g/mol. The van der Waals surface area contributed by atoms with Gasteiger partial charge in [0.25, 0.3) is 0 Å². The number of hydrogen-bond acceptors (Lipinski definition) is 3. The van der Waals surface area contributed by atoms with E-state index in [-0.39, 0.29) is 12.4 Å². The molecule has 28 heavy (non-hydrogen) atoms. The van der Waals surface area contributed by atoms with Gasteiger partial charge in [0.1, 0.15) is 18.2 Å². The maximum atomic E-state index is 13.8. The molecule has 6 heteroatoms. The minimum Gasteiger partial charge on any atom is -0.489 e. The Morgan fingerprint density at radius 1 is 1.18 bits per heavy atom. The van der Waals surface area contributed by atoms with E-state index in [1.54, 1.807) is 25.3 Å². The van der Waals surface area contributed by atoms with E-state index in [2.05, 4.69) is 22.2 Å². The van der Waals surface area contributed by atoms with Crippen LogP contribution in [0.15, 0.2) is 60.1 Å². The average Bonchev–Trinajstić information content (AvgIpc) is 2.71. The van der Waals surface area contributed by atoms with Crippen LogP contribution in [0.1, 0.15) is 23.6 Å². The van der Waals surface area contributed by atoms with Crippen LogP contribution in [0.5, 0.6) is 5.75 Å². The number of hydrogen-bond donors (Lipinski definition) is 2. The van der Waals surface area contributed by atoms with Crippen molar-refractivity contribution in [2.75, 3.05) is 20.3 Å². The van der Waals surface area contributed by atoms with E-state index in [4.69, 9.17) is 9.47 Å². The van der Waals surface area contributed by atoms with Gasteiger partial charge in [0.05, 0.1) is 13.2 Å². The van der Waals surface area contributed by atoms with Gasteiger partial charge in [-0.3, -0.25) is 0 Å². The summed E-state index contributed by atoms with van der Waals surface area (Å²) in [7, 11) is 1.55. The van der Waals surface area contributed by atoms with Crippen molar-refractivity contribution in [1.82, 2.24) is 10.6 Å². The van der Waals surface area contributed by atoms with Crippen molar-refractivity contribution in [1.29, 1.82) is 0 Å². The van der Waals surface area contributed by atoms with Gasteiger partial charge in [0, 0.05) is 31.3 Å². The smallest absolute Gasteiger partial charge is 0.191 e.